The molecule has 10 heterocycles. The number of nitrogens with two attached hydrogens (primary N) is 3. The Bertz CT molecular complexity index is 6670. The average molecular weight is 1960 g/mol. The van der Waals surface area contributed by atoms with Crippen LogP contribution < -0.4 is 43.8 Å². The molecule has 143 heavy (non-hydrogen) atoms. The summed E-state index contributed by atoms with van der Waals surface area (Å²) in [6.45, 7) is 0.277. The number of H-pyrrole nitrogens is 2. The first-order chi connectivity index (χ1) is 68.6. The Balaban J connectivity index is 0.000000127. The van der Waals surface area contributed by atoms with E-state index in [4.69, 9.17) is 21.9 Å². The van der Waals surface area contributed by atoms with Crippen LogP contribution in [0.4, 0.5) is 45.1 Å². The van der Waals surface area contributed by atoms with Crippen molar-refractivity contribution in [3.05, 3.63) is 226 Å². The number of rotatable bonds is 23. The molecule has 2 aromatic heterocycles. The average Bonchev–Trinajstić information content (AvgIpc) is 1.58. The Morgan fingerprint density at radius 3 is 1.08 bits per heavy atom. The summed E-state index contributed by atoms with van der Waals surface area (Å²) in [7, 11) is 6.31. The summed E-state index contributed by atoms with van der Waals surface area (Å²) in [5.74, 6) is -7.29. The molecule has 14 amide bonds. The molecule has 0 bridgehead atoms. The molecule has 12 aliphatic rings. The number of fused-ring (bicyclic) bond motifs is 10. The minimum atomic E-state index is -1.13. The lowest BCUT2D eigenvalue weighted by atomic mass is 9.79. The summed E-state index contributed by atoms with van der Waals surface area (Å²) in [5.41, 5.74) is 20.0. The highest BCUT2D eigenvalue weighted by atomic mass is 19.1. The molecule has 0 radical (unpaired) electrons. The number of nitrogens with zero attached hydrogens (tertiary/aromatic N) is 8. The van der Waals surface area contributed by atoms with Crippen molar-refractivity contribution in [2.45, 2.75) is 205 Å². The van der Waals surface area contributed by atoms with Crippen molar-refractivity contribution in [3.63, 3.8) is 0 Å². The number of carbonyl (C=O) groups excluding carboxylic acids is 14. The van der Waals surface area contributed by atoms with E-state index in [9.17, 15) is 89.9 Å². The Kier molecular flexibility index (Phi) is 27.2. The number of aromatic amines is 2. The molecule has 37 heteroatoms. The van der Waals surface area contributed by atoms with E-state index in [-0.39, 0.29) is 145 Å². The number of nitrogens with one attached hydrogen (secondary N) is 7. The maximum atomic E-state index is 14.3. The number of ether oxygens (including phenoxy) is 1. The molecule has 0 unspecified atom stereocenters. The van der Waals surface area contributed by atoms with Gasteiger partial charge in [0.2, 0.25) is 65.0 Å². The Hall–Kier alpha value is -14.8. The first kappa shape index (κ1) is 98.4. The van der Waals surface area contributed by atoms with Gasteiger partial charge in [0, 0.05) is 99.4 Å². The molecule has 4 spiro atoms. The third-order valence-corrected chi connectivity index (χ3v) is 32.1. The maximum Gasteiger partial charge on any atom is 0.410 e. The zero-order chi connectivity index (χ0) is 101. The van der Waals surface area contributed by atoms with Gasteiger partial charge >= 0.3 is 6.09 Å². The van der Waals surface area contributed by atoms with Crippen LogP contribution in [-0.2, 0) is 85.7 Å². The molecule has 746 valence electrons. The first-order valence-corrected chi connectivity index (χ1v) is 48.8. The molecule has 8 aliphatic heterocycles. The van der Waals surface area contributed by atoms with Gasteiger partial charge in [-0.1, -0.05) is 180 Å². The highest BCUT2D eigenvalue weighted by Crippen LogP contribution is 2.53. The van der Waals surface area contributed by atoms with Crippen LogP contribution >= 0.6 is 0 Å². The molecule has 33 nitrogen and oxygen atoms in total. The Morgan fingerprint density at radius 2 is 0.741 bits per heavy atom. The maximum absolute atomic E-state index is 14.3. The molecule has 7 aromatic carbocycles. The van der Waals surface area contributed by atoms with Gasteiger partial charge in [0.15, 0.2) is 0 Å². The predicted octanol–water partition coefficient (Wildman–Crippen LogP) is 10.7. The molecular formula is C106H114F4N18O15. The normalized spacial score (nSPS) is 23.9. The second-order valence-corrected chi connectivity index (χ2v) is 40.5. The standard InChI is InChI=1S/C29H29F2N5O4.C29H27F2N5O3.C28H32N4O5.C20H26N4O3/c1-35(26(38)22-12-17-19(31)10-16(30)11-21(17)33-22)23(9-15-5-4-6-15)27(39)36-14-29(13-24(36)25(32)37)18-7-2-3-8-20(18)34-28(29)40;1-35(26(37)24-12-19-21(31)10-17(30)11-23(19)33-24)25(9-16-5-4-6-16)27(38)36-15-29(13-18(36)14-32)20-7-2-3-8-22(20)34-28(29)39;1-31(27(36)37-16-19-8-3-2-4-9-19)22(14-18-10-7-11-18)25(34)32-17-28(15-23(32)24(29)33)20-12-5-6-13-21(20)30-26(28)35;1-22-15(9-12-5-4-6-12)18(26)24-11-20(10-16(24)17(21)25)13-7-2-3-8-14(13)23-19(20)27/h2-3,7-8,10-12,15,23-24,33H,4-6,9,13-14H2,1H3,(H2,32,37)(H,34,40);2-3,7-8,10-12,16,18,25,33H,4-6,9,13,15H2,1H3,(H,34,39);2-6,8-9,12-13,18,22-23H,7,10-11,14-17H2,1H3,(H2,29,33)(H,30,35);2-3,7-8,12,15-16,22H,4-6,9-11H2,1H3,(H2,21,25)(H,23,27)/t23-,24-,29-;18-,25-,29-;22-,23-,28-;15-,16-,20-/m0000/s1. The lowest BCUT2D eigenvalue weighted by Gasteiger charge is -2.37. The van der Waals surface area contributed by atoms with Gasteiger partial charge in [-0.25, -0.2) is 22.4 Å². The number of nitriles is 1. The molecule has 4 aliphatic carbocycles. The van der Waals surface area contributed by atoms with Crippen molar-refractivity contribution in [2.75, 3.05) is 75.6 Å². The van der Waals surface area contributed by atoms with E-state index in [1.165, 1.54) is 66.9 Å². The third kappa shape index (κ3) is 18.3. The Morgan fingerprint density at radius 1 is 0.427 bits per heavy atom. The first-order valence-electron chi connectivity index (χ1n) is 48.8. The van der Waals surface area contributed by atoms with Crippen molar-refractivity contribution in [1.82, 2.24) is 49.6 Å². The number of primary amides is 3. The van der Waals surface area contributed by atoms with Gasteiger partial charge in [0.25, 0.3) is 11.8 Å². The highest BCUT2D eigenvalue weighted by Gasteiger charge is 2.63. The van der Waals surface area contributed by atoms with Gasteiger partial charge in [-0.15, -0.1) is 0 Å². The molecule has 13 N–H and O–H groups in total. The van der Waals surface area contributed by atoms with Crippen molar-refractivity contribution < 1.29 is 89.4 Å². The van der Waals surface area contributed by atoms with Crippen LogP contribution in [0.3, 0.4) is 0 Å². The van der Waals surface area contributed by atoms with Crippen molar-refractivity contribution in [2.24, 2.45) is 40.9 Å². The number of benzene rings is 7. The van der Waals surface area contributed by atoms with Gasteiger partial charge in [-0.2, -0.15) is 5.26 Å². The number of para-hydroxylation sites is 4. The number of hydrogen-bond donors (Lipinski definition) is 10. The fourth-order valence-electron chi connectivity index (χ4n) is 23.1. The van der Waals surface area contributed by atoms with E-state index in [1.807, 2.05) is 97.1 Å². The van der Waals surface area contributed by atoms with Crippen molar-refractivity contribution in [3.8, 4) is 6.07 Å². The number of halogens is 4. The number of hydrogen-bond acceptors (Lipinski definition) is 17. The van der Waals surface area contributed by atoms with Crippen LogP contribution in [0.25, 0.3) is 21.8 Å². The van der Waals surface area contributed by atoms with Crippen LogP contribution in [0, 0.1) is 58.3 Å². The number of carbonyl (C=O) groups is 14. The highest BCUT2D eigenvalue weighted by molar-refractivity contribution is 6.12. The van der Waals surface area contributed by atoms with Crippen LogP contribution in [0.5, 0.6) is 0 Å². The molecule has 4 saturated heterocycles. The fourth-order valence-corrected chi connectivity index (χ4v) is 23.1. The number of likely N-dealkylation sites (tertiary alicyclic amines) is 4. The largest absolute Gasteiger partial charge is 0.445 e. The summed E-state index contributed by atoms with van der Waals surface area (Å²) in [6, 6.07) is 40.4. The Labute approximate surface area is 821 Å². The van der Waals surface area contributed by atoms with E-state index in [0.29, 0.717) is 53.7 Å². The van der Waals surface area contributed by atoms with E-state index in [2.05, 4.69) is 42.6 Å². The lowest BCUT2D eigenvalue weighted by Crippen LogP contribution is -2.54. The zero-order valence-electron chi connectivity index (χ0n) is 79.6. The monoisotopic (exact) mass is 1950 g/mol. The second kappa shape index (κ2) is 39.6. The second-order valence-electron chi connectivity index (χ2n) is 40.5. The van der Waals surface area contributed by atoms with E-state index >= 15 is 0 Å². The zero-order valence-corrected chi connectivity index (χ0v) is 79.6. The quantitative estimate of drug-likeness (QED) is 0.0266. The van der Waals surface area contributed by atoms with Crippen LogP contribution in [-0.4, -0.2) is 230 Å². The van der Waals surface area contributed by atoms with Gasteiger partial charge in [-0.05, 0) is 152 Å². The molecule has 9 aromatic rings. The minimum Gasteiger partial charge on any atom is -0.445 e. The molecule has 12 atom stereocenters. The smallest absolute Gasteiger partial charge is 0.410 e. The molecule has 21 rings (SSSR count). The van der Waals surface area contributed by atoms with E-state index in [0.717, 1.165) is 129 Å². The van der Waals surface area contributed by atoms with Gasteiger partial charge < -0.3 is 87.9 Å². The van der Waals surface area contributed by atoms with Crippen molar-refractivity contribution >= 4 is 127 Å². The summed E-state index contributed by atoms with van der Waals surface area (Å²) < 4.78 is 61.6. The predicted molar refractivity (Wildman–Crippen MR) is 518 cm³/mol. The summed E-state index contributed by atoms with van der Waals surface area (Å²) >= 11 is 0. The van der Waals surface area contributed by atoms with Gasteiger partial charge in [-0.3, -0.25) is 67.2 Å². The molecule has 8 fully saturated rings. The van der Waals surface area contributed by atoms with Crippen LogP contribution in [0.15, 0.2) is 164 Å². The van der Waals surface area contributed by atoms with Crippen molar-refractivity contribution in [1.29, 1.82) is 5.26 Å². The number of aromatic nitrogens is 2. The molecule has 4 saturated carbocycles. The molecular weight excluding hydrogens is 1840 g/mol. The van der Waals surface area contributed by atoms with E-state index < -0.39 is 135 Å². The summed E-state index contributed by atoms with van der Waals surface area (Å²) in [4.78, 5) is 201. The summed E-state index contributed by atoms with van der Waals surface area (Å²) in [6.07, 6.45) is 14.2. The lowest BCUT2D eigenvalue weighted by molar-refractivity contribution is -0.142. The summed E-state index contributed by atoms with van der Waals surface area (Å²) in [5, 5.41) is 24.8. The number of amides is 14. The number of anilines is 4. The SMILES string of the molecule is CN(C(=O)OCc1ccccc1)[C@@H](CC1CCC1)C(=O)N1C[C@]2(C[C@H]1C(N)=O)C(=O)Nc1ccccc12.CN(C(=O)c1cc2c(F)cc(F)cc2[nH]1)[C@@H](CC1CCC1)C(=O)N1C[C@]2(C[C@H]1C#N)C(=O)Nc1ccccc12.CN(C(=O)c1cc2c(F)cc(F)cc2[nH]1)[C@@H](CC1CCC1)C(=O)N1C[C@]2(C[C@H]1C(N)=O)C(=O)Nc1ccccc12.CN[C@@H](CC1CCC1)C(=O)N1C[C@]2(C[C@H]1C(N)=O)C(=O)Nc1ccccc12. The van der Waals surface area contributed by atoms with Crippen LogP contribution in [0.2, 0.25) is 0 Å². The van der Waals surface area contributed by atoms with Gasteiger partial charge in [0.1, 0.15) is 83.6 Å². The third-order valence-electron chi connectivity index (χ3n) is 32.1. The number of likely N-dealkylation sites (N-methyl/N-ethyl adjacent to an activating group) is 4. The topological polar surface area (TPSA) is 464 Å². The van der Waals surface area contributed by atoms with Gasteiger partial charge in [0.05, 0.1) is 44.8 Å². The fraction of sp³-hybridized carbons (Fsp3) is 0.425. The van der Waals surface area contributed by atoms with E-state index in [1.54, 1.807) is 44.4 Å². The minimum absolute atomic E-state index is 0.00171. The van der Waals surface area contributed by atoms with Crippen LogP contribution in [0.1, 0.15) is 177 Å².